The molecule has 2 heterocycles. The second-order valence-electron chi connectivity index (χ2n) is 7.16. The molecule has 0 aliphatic carbocycles. The normalized spacial score (nSPS) is 15.3. The van der Waals surface area contributed by atoms with Crippen LogP contribution in [0.4, 0.5) is 0 Å². The molecule has 0 unspecified atom stereocenters. The van der Waals surface area contributed by atoms with Gasteiger partial charge in [0.25, 0.3) is 0 Å². The summed E-state index contributed by atoms with van der Waals surface area (Å²) in [4.78, 5) is 17.5. The minimum Gasteiger partial charge on any atom is -0.421 e. The number of carbonyl (C=O) groups is 1. The van der Waals surface area contributed by atoms with Gasteiger partial charge in [-0.3, -0.25) is 0 Å². The number of morpholine rings is 1. The second-order valence-corrected chi connectivity index (χ2v) is 9.10. The molecule has 1 aromatic heterocycles. The summed E-state index contributed by atoms with van der Waals surface area (Å²) in [5.74, 6) is -0.288. The number of para-hydroxylation sites is 1. The predicted molar refractivity (Wildman–Crippen MR) is 112 cm³/mol. The van der Waals surface area contributed by atoms with E-state index in [2.05, 4.69) is 4.98 Å². The van der Waals surface area contributed by atoms with Crippen LogP contribution in [0.2, 0.25) is 0 Å². The van der Waals surface area contributed by atoms with E-state index in [4.69, 9.17) is 9.47 Å². The molecule has 0 bridgehead atoms. The molecule has 0 spiro atoms. The van der Waals surface area contributed by atoms with Gasteiger partial charge in [-0.25, -0.2) is 18.2 Å². The van der Waals surface area contributed by atoms with Crippen molar-refractivity contribution in [2.45, 2.75) is 18.7 Å². The Morgan fingerprint density at radius 3 is 2.60 bits per heavy atom. The van der Waals surface area contributed by atoms with Crippen LogP contribution in [0.15, 0.2) is 53.4 Å². The molecular weight excluding hydrogens is 404 g/mol. The fourth-order valence-corrected chi connectivity index (χ4v) is 4.81. The van der Waals surface area contributed by atoms with Gasteiger partial charge in [0, 0.05) is 24.2 Å². The Kier molecular flexibility index (Phi) is 5.55. The van der Waals surface area contributed by atoms with E-state index in [0.717, 1.165) is 11.1 Å². The quantitative estimate of drug-likeness (QED) is 0.471. The van der Waals surface area contributed by atoms with E-state index >= 15 is 0 Å². The number of ether oxygens (including phenoxy) is 2. The van der Waals surface area contributed by atoms with Crippen LogP contribution in [-0.2, 0) is 14.8 Å². The molecule has 0 amide bonds. The number of carbonyl (C=O) groups excluding carboxylic acids is 1. The zero-order valence-corrected chi connectivity index (χ0v) is 17.6. The number of esters is 1. The molecule has 2 aromatic carbocycles. The van der Waals surface area contributed by atoms with Gasteiger partial charge in [0.2, 0.25) is 10.0 Å². The van der Waals surface area contributed by atoms with Crippen molar-refractivity contribution in [3.8, 4) is 5.75 Å². The van der Waals surface area contributed by atoms with Crippen molar-refractivity contribution >= 4 is 26.9 Å². The van der Waals surface area contributed by atoms with Gasteiger partial charge in [-0.1, -0.05) is 24.3 Å². The third kappa shape index (κ3) is 3.94. The van der Waals surface area contributed by atoms with E-state index in [9.17, 15) is 13.2 Å². The smallest absolute Gasteiger partial charge is 0.343 e. The second kappa shape index (κ2) is 8.14. The first kappa shape index (κ1) is 20.5. The molecule has 7 nitrogen and oxygen atoms in total. The Balaban J connectivity index is 1.67. The monoisotopic (exact) mass is 426 g/mol. The third-order valence-corrected chi connectivity index (χ3v) is 6.96. The number of rotatable bonds is 4. The maximum absolute atomic E-state index is 13.0. The van der Waals surface area contributed by atoms with Crippen LogP contribution in [0.3, 0.4) is 0 Å². The summed E-state index contributed by atoms with van der Waals surface area (Å²) in [5.41, 5.74) is 2.22. The maximum Gasteiger partial charge on any atom is 0.343 e. The summed E-state index contributed by atoms with van der Waals surface area (Å²) in [7, 11) is -3.71. The van der Waals surface area contributed by atoms with E-state index in [1.807, 2.05) is 25.1 Å². The summed E-state index contributed by atoms with van der Waals surface area (Å²) in [6, 6.07) is 13.7. The molecule has 0 radical (unpaired) electrons. The molecule has 1 aliphatic heterocycles. The zero-order valence-electron chi connectivity index (χ0n) is 16.8. The first-order valence-corrected chi connectivity index (χ1v) is 11.1. The van der Waals surface area contributed by atoms with Gasteiger partial charge in [-0.15, -0.1) is 0 Å². The number of nitrogens with zero attached hydrogens (tertiary/aromatic N) is 2. The van der Waals surface area contributed by atoms with Gasteiger partial charge in [0.05, 0.1) is 23.7 Å². The fraction of sp³-hybridized carbons (Fsp3) is 0.273. The molecule has 156 valence electrons. The number of fused-ring (bicyclic) bond motifs is 1. The highest BCUT2D eigenvalue weighted by Gasteiger charge is 2.27. The zero-order chi connectivity index (χ0) is 21.3. The van der Waals surface area contributed by atoms with Gasteiger partial charge in [0.1, 0.15) is 5.52 Å². The van der Waals surface area contributed by atoms with Crippen LogP contribution in [0.25, 0.3) is 10.9 Å². The van der Waals surface area contributed by atoms with Gasteiger partial charge >= 0.3 is 5.97 Å². The first-order valence-electron chi connectivity index (χ1n) is 9.63. The lowest BCUT2D eigenvalue weighted by Crippen LogP contribution is -2.40. The topological polar surface area (TPSA) is 85.8 Å². The number of benzene rings is 2. The van der Waals surface area contributed by atoms with Gasteiger partial charge in [0.15, 0.2) is 5.75 Å². The highest BCUT2D eigenvalue weighted by atomic mass is 32.2. The van der Waals surface area contributed by atoms with E-state index < -0.39 is 16.0 Å². The van der Waals surface area contributed by atoms with Crippen molar-refractivity contribution in [3.05, 3.63) is 65.4 Å². The third-order valence-electron chi connectivity index (χ3n) is 5.06. The Morgan fingerprint density at radius 1 is 1.07 bits per heavy atom. The summed E-state index contributed by atoms with van der Waals surface area (Å²) in [6.45, 7) is 4.89. The Labute approximate surface area is 175 Å². The maximum atomic E-state index is 13.0. The van der Waals surface area contributed by atoms with Gasteiger partial charge < -0.3 is 9.47 Å². The molecule has 1 saturated heterocycles. The van der Waals surface area contributed by atoms with Gasteiger partial charge in [-0.2, -0.15) is 4.31 Å². The minimum atomic E-state index is -3.71. The first-order chi connectivity index (χ1) is 14.4. The predicted octanol–water partition coefficient (Wildman–Crippen LogP) is 3.09. The highest BCUT2D eigenvalue weighted by Crippen LogP contribution is 2.26. The van der Waals surface area contributed by atoms with Crippen LogP contribution < -0.4 is 4.74 Å². The summed E-state index contributed by atoms with van der Waals surface area (Å²) >= 11 is 0. The summed E-state index contributed by atoms with van der Waals surface area (Å²) in [5, 5.41) is 0.853. The molecule has 0 N–H and O–H groups in total. The van der Waals surface area contributed by atoms with Crippen LogP contribution in [0.5, 0.6) is 5.75 Å². The SMILES string of the molecule is Cc1ccc2cccc(OC(=O)c3cc(S(=O)(=O)N4CCOCC4)ccc3C)c2n1. The van der Waals surface area contributed by atoms with Crippen molar-refractivity contribution in [3.63, 3.8) is 0 Å². The number of aromatic nitrogens is 1. The molecule has 1 fully saturated rings. The largest absolute Gasteiger partial charge is 0.421 e. The van der Waals surface area contributed by atoms with E-state index in [-0.39, 0.29) is 23.5 Å². The van der Waals surface area contributed by atoms with E-state index in [1.165, 1.54) is 16.4 Å². The molecule has 1 aliphatic rings. The molecule has 30 heavy (non-hydrogen) atoms. The van der Waals surface area contributed by atoms with Crippen molar-refractivity contribution in [2.24, 2.45) is 0 Å². The standard InChI is InChI=1S/C22H22N2O5S/c1-15-6-9-18(30(26,27)24-10-12-28-13-11-24)14-19(15)22(25)29-20-5-3-4-17-8-7-16(2)23-21(17)20/h3-9,14H,10-13H2,1-2H3. The van der Waals surface area contributed by atoms with Crippen molar-refractivity contribution < 1.29 is 22.7 Å². The van der Waals surface area contributed by atoms with Crippen molar-refractivity contribution in [1.29, 1.82) is 0 Å². The lowest BCUT2D eigenvalue weighted by atomic mass is 10.1. The Bertz CT molecular complexity index is 1220. The van der Waals surface area contributed by atoms with E-state index in [0.29, 0.717) is 30.0 Å². The molecule has 0 saturated carbocycles. The lowest BCUT2D eigenvalue weighted by Gasteiger charge is -2.26. The number of aryl methyl sites for hydroxylation is 2. The number of hydrogen-bond donors (Lipinski definition) is 0. The van der Waals surface area contributed by atoms with Crippen molar-refractivity contribution in [1.82, 2.24) is 9.29 Å². The van der Waals surface area contributed by atoms with E-state index in [1.54, 1.807) is 25.1 Å². The van der Waals surface area contributed by atoms with Crippen LogP contribution in [-0.4, -0.2) is 50.0 Å². The average molecular weight is 426 g/mol. The summed E-state index contributed by atoms with van der Waals surface area (Å²) < 4.78 is 38.1. The highest BCUT2D eigenvalue weighted by molar-refractivity contribution is 7.89. The Hall–Kier alpha value is -2.81. The molecule has 0 atom stereocenters. The van der Waals surface area contributed by atoms with Crippen LogP contribution in [0.1, 0.15) is 21.6 Å². The average Bonchev–Trinajstić information content (AvgIpc) is 2.75. The number of pyridine rings is 1. The lowest BCUT2D eigenvalue weighted by molar-refractivity contribution is 0.0727. The van der Waals surface area contributed by atoms with Crippen LogP contribution in [0, 0.1) is 13.8 Å². The van der Waals surface area contributed by atoms with Crippen LogP contribution >= 0.6 is 0 Å². The summed E-state index contributed by atoms with van der Waals surface area (Å²) in [6.07, 6.45) is 0. The Morgan fingerprint density at radius 2 is 1.83 bits per heavy atom. The fourth-order valence-electron chi connectivity index (χ4n) is 3.37. The molecule has 4 rings (SSSR count). The number of sulfonamides is 1. The van der Waals surface area contributed by atoms with Gasteiger partial charge in [-0.05, 0) is 43.7 Å². The number of hydrogen-bond acceptors (Lipinski definition) is 6. The minimum absolute atomic E-state index is 0.0637. The molecule has 8 heteroatoms. The van der Waals surface area contributed by atoms with Crippen molar-refractivity contribution in [2.75, 3.05) is 26.3 Å². The molecular formula is C22H22N2O5S. The molecule has 3 aromatic rings.